The predicted molar refractivity (Wildman–Crippen MR) is 105 cm³/mol. The van der Waals surface area contributed by atoms with Crippen molar-refractivity contribution in [3.05, 3.63) is 30.3 Å². The molecule has 2 fully saturated rings. The Morgan fingerprint density at radius 2 is 1.39 bits per heavy atom. The number of nitrogens with zero attached hydrogens (tertiary/aromatic N) is 1. The van der Waals surface area contributed by atoms with E-state index in [4.69, 9.17) is 0 Å². The summed E-state index contributed by atoms with van der Waals surface area (Å²) in [4.78, 5) is 4.65. The molecule has 0 aliphatic heterocycles. The zero-order valence-electron chi connectivity index (χ0n) is 14.5. The molecule has 0 atom stereocenters. The van der Waals surface area contributed by atoms with Gasteiger partial charge in [0.25, 0.3) is 0 Å². The van der Waals surface area contributed by atoms with Gasteiger partial charge in [-0.1, -0.05) is 64.6 Å². The van der Waals surface area contributed by atoms with E-state index < -0.39 is 0 Å². The molecule has 1 aromatic carbocycles. The Hall–Kier alpha value is -0.680. The Balaban J connectivity index is 1.55. The molecule has 3 rings (SSSR count). The Kier molecular flexibility index (Phi) is 7.14. The van der Waals surface area contributed by atoms with Gasteiger partial charge >= 0.3 is 0 Å². The molecule has 1 nitrogen and oxygen atoms in total. The van der Waals surface area contributed by atoms with Crippen molar-refractivity contribution in [1.29, 1.82) is 0 Å². The zero-order chi connectivity index (χ0) is 15.7. The molecule has 0 amide bonds. The first-order valence-electron chi connectivity index (χ1n) is 9.77. The van der Waals surface area contributed by atoms with Gasteiger partial charge in [-0.3, -0.25) is 4.99 Å². The van der Waals surface area contributed by atoms with Gasteiger partial charge in [0.2, 0.25) is 0 Å². The minimum atomic E-state index is 0.231. The average Bonchev–Trinajstić information content (AvgIpc) is 2.64. The molecule has 0 N–H and O–H groups in total. The van der Waals surface area contributed by atoms with Gasteiger partial charge in [0.15, 0.2) is 0 Å². The van der Waals surface area contributed by atoms with Gasteiger partial charge in [-0.2, -0.15) is 0 Å². The summed E-state index contributed by atoms with van der Waals surface area (Å²) in [6, 6.07) is 10.4. The molecular weight excluding hydrogens is 297 g/mol. The van der Waals surface area contributed by atoms with Crippen molar-refractivity contribution in [2.45, 2.75) is 81.9 Å². The zero-order valence-corrected chi connectivity index (χ0v) is 15.4. The maximum absolute atomic E-state index is 4.65. The third-order valence-electron chi connectivity index (χ3n) is 5.60. The predicted octanol–water partition coefficient (Wildman–Crippen LogP) is 6.93. The van der Waals surface area contributed by atoms with E-state index in [1.54, 1.807) is 0 Å². The van der Waals surface area contributed by atoms with Crippen molar-refractivity contribution in [2.75, 3.05) is 6.16 Å². The fourth-order valence-electron chi connectivity index (χ4n) is 4.38. The summed E-state index contributed by atoms with van der Waals surface area (Å²) in [6.07, 6.45) is 19.9. The molecule has 2 heteroatoms. The molecular formula is C21H32NP. The molecule has 23 heavy (non-hydrogen) atoms. The molecule has 2 saturated carbocycles. The SMILES string of the molecule is C(CCP(C1CCCCC1)C1CCCCC1)=Nc1ccccc1. The van der Waals surface area contributed by atoms with Crippen LogP contribution in [0.15, 0.2) is 35.3 Å². The molecule has 0 bridgehead atoms. The quantitative estimate of drug-likeness (QED) is 0.396. The molecule has 1 aromatic rings. The van der Waals surface area contributed by atoms with Gasteiger partial charge in [-0.05, 0) is 61.7 Å². The summed E-state index contributed by atoms with van der Waals surface area (Å²) in [5, 5.41) is 0. The lowest BCUT2D eigenvalue weighted by molar-refractivity contribution is 0.484. The van der Waals surface area contributed by atoms with E-state index in [0.29, 0.717) is 0 Å². The number of para-hydroxylation sites is 1. The van der Waals surface area contributed by atoms with Gasteiger partial charge in [0.05, 0.1) is 5.69 Å². The van der Waals surface area contributed by atoms with Crippen LogP contribution in [0.1, 0.15) is 70.6 Å². The van der Waals surface area contributed by atoms with Crippen LogP contribution in [0.4, 0.5) is 5.69 Å². The van der Waals surface area contributed by atoms with Crippen molar-refractivity contribution in [3.63, 3.8) is 0 Å². The third-order valence-corrected chi connectivity index (χ3v) is 9.28. The van der Waals surface area contributed by atoms with Crippen LogP contribution in [0.2, 0.25) is 0 Å². The number of rotatable bonds is 6. The molecule has 126 valence electrons. The van der Waals surface area contributed by atoms with Crippen LogP contribution >= 0.6 is 7.92 Å². The van der Waals surface area contributed by atoms with Crippen molar-refractivity contribution < 1.29 is 0 Å². The number of hydrogen-bond acceptors (Lipinski definition) is 1. The smallest absolute Gasteiger partial charge is 0.0625 e. The van der Waals surface area contributed by atoms with Crippen molar-refractivity contribution in [2.24, 2.45) is 4.99 Å². The second kappa shape index (κ2) is 9.58. The highest BCUT2D eigenvalue weighted by Crippen LogP contribution is 2.55. The first-order valence-corrected chi connectivity index (χ1v) is 11.4. The van der Waals surface area contributed by atoms with Crippen LogP contribution in [0, 0.1) is 0 Å². The number of aliphatic imine (C=N–C) groups is 1. The average molecular weight is 329 g/mol. The summed E-state index contributed by atoms with van der Waals surface area (Å²) in [5.41, 5.74) is 3.26. The van der Waals surface area contributed by atoms with E-state index in [-0.39, 0.29) is 7.92 Å². The summed E-state index contributed by atoms with van der Waals surface area (Å²) in [6.45, 7) is 0. The molecule has 0 aromatic heterocycles. The summed E-state index contributed by atoms with van der Waals surface area (Å²) >= 11 is 0. The van der Waals surface area contributed by atoms with Crippen LogP contribution < -0.4 is 0 Å². The van der Waals surface area contributed by atoms with Crippen LogP contribution in [0.25, 0.3) is 0 Å². The highest BCUT2D eigenvalue weighted by molar-refractivity contribution is 7.59. The topological polar surface area (TPSA) is 12.4 Å². The number of hydrogen-bond donors (Lipinski definition) is 0. The lowest BCUT2D eigenvalue weighted by Crippen LogP contribution is -2.22. The number of benzene rings is 1. The maximum Gasteiger partial charge on any atom is 0.0625 e. The van der Waals surface area contributed by atoms with Crippen LogP contribution in [-0.2, 0) is 0 Å². The van der Waals surface area contributed by atoms with Crippen molar-refractivity contribution in [3.8, 4) is 0 Å². The lowest BCUT2D eigenvalue weighted by Gasteiger charge is -2.38. The van der Waals surface area contributed by atoms with Crippen molar-refractivity contribution in [1.82, 2.24) is 0 Å². The molecule has 0 saturated heterocycles. The molecule has 0 radical (unpaired) electrons. The van der Waals surface area contributed by atoms with Crippen LogP contribution in [0.3, 0.4) is 0 Å². The van der Waals surface area contributed by atoms with Crippen LogP contribution in [0.5, 0.6) is 0 Å². The Morgan fingerprint density at radius 1 is 0.826 bits per heavy atom. The van der Waals surface area contributed by atoms with Crippen LogP contribution in [-0.4, -0.2) is 23.7 Å². The van der Waals surface area contributed by atoms with Gasteiger partial charge in [-0.25, -0.2) is 0 Å². The highest BCUT2D eigenvalue weighted by Gasteiger charge is 2.30. The largest absolute Gasteiger partial charge is 0.261 e. The minimum absolute atomic E-state index is 0.231. The summed E-state index contributed by atoms with van der Waals surface area (Å²) in [7, 11) is 0.231. The molecule has 2 aliphatic rings. The first-order chi connectivity index (χ1) is 11.4. The monoisotopic (exact) mass is 329 g/mol. The van der Waals surface area contributed by atoms with Gasteiger partial charge < -0.3 is 0 Å². The van der Waals surface area contributed by atoms with E-state index in [9.17, 15) is 0 Å². The standard InChI is InChI=1S/C21H32NP/c1-4-11-19(12-5-1)22-17-10-18-23(20-13-6-2-7-14-20)21-15-8-3-9-16-21/h1,4-5,11-12,17,20-21H,2-3,6-10,13-16,18H2. The van der Waals surface area contributed by atoms with Gasteiger partial charge in [0.1, 0.15) is 0 Å². The minimum Gasteiger partial charge on any atom is -0.261 e. The lowest BCUT2D eigenvalue weighted by atomic mass is 9.99. The molecule has 0 unspecified atom stereocenters. The molecule has 0 spiro atoms. The van der Waals surface area contributed by atoms with E-state index >= 15 is 0 Å². The van der Waals surface area contributed by atoms with Gasteiger partial charge in [-0.15, -0.1) is 0 Å². The fraction of sp³-hybridized carbons (Fsp3) is 0.667. The maximum atomic E-state index is 4.65. The Bertz CT molecular complexity index is 440. The van der Waals surface area contributed by atoms with Crippen molar-refractivity contribution >= 4 is 19.8 Å². The second-order valence-electron chi connectivity index (χ2n) is 7.26. The molecule has 0 heterocycles. The van der Waals surface area contributed by atoms with E-state index in [0.717, 1.165) is 17.0 Å². The third kappa shape index (κ3) is 5.42. The Labute approximate surface area is 143 Å². The summed E-state index contributed by atoms with van der Waals surface area (Å²) in [5.74, 6) is 0. The molecule has 2 aliphatic carbocycles. The second-order valence-corrected chi connectivity index (χ2v) is 10.2. The van der Waals surface area contributed by atoms with E-state index in [1.165, 1.54) is 76.8 Å². The Morgan fingerprint density at radius 3 is 1.96 bits per heavy atom. The van der Waals surface area contributed by atoms with E-state index in [2.05, 4.69) is 41.5 Å². The normalized spacial score (nSPS) is 21.3. The van der Waals surface area contributed by atoms with Gasteiger partial charge in [0, 0.05) is 6.21 Å². The van der Waals surface area contributed by atoms with E-state index in [1.807, 2.05) is 0 Å². The summed E-state index contributed by atoms with van der Waals surface area (Å²) < 4.78 is 0. The fourth-order valence-corrected chi connectivity index (χ4v) is 8.18. The highest BCUT2D eigenvalue weighted by atomic mass is 31.1. The first kappa shape index (κ1) is 17.2.